The molecule has 2 radical (unpaired) electrons. The molecule has 0 bridgehead atoms. The summed E-state index contributed by atoms with van der Waals surface area (Å²) in [5.74, 6) is 0. The molecule has 0 saturated carbocycles. The monoisotopic (exact) mass is 502 g/mol. The molecule has 0 amide bonds. The third-order valence-electron chi connectivity index (χ3n) is 3.05. The summed E-state index contributed by atoms with van der Waals surface area (Å²) < 4.78 is 0. The molecular weight excluding hydrogens is 460 g/mol. The van der Waals surface area contributed by atoms with Crippen LogP contribution in [0.25, 0.3) is 0 Å². The van der Waals surface area contributed by atoms with Gasteiger partial charge in [0.25, 0.3) is 0 Å². The van der Waals surface area contributed by atoms with Crippen molar-refractivity contribution in [3.63, 3.8) is 0 Å². The van der Waals surface area contributed by atoms with E-state index in [1.807, 2.05) is 48.6 Å². The molecule has 0 aromatic heterocycles. The molecule has 2 heteroatoms. The molecule has 0 N–H and O–H groups in total. The number of unbranched alkanes of at least 4 members (excludes halogenated alkanes) is 2. The molecule has 174 valence electrons. The summed E-state index contributed by atoms with van der Waals surface area (Å²) in [6.45, 7) is 11.4. The first-order valence-electron chi connectivity index (χ1n) is 10.3. The zero-order valence-corrected chi connectivity index (χ0v) is 20.9. The molecule has 0 spiro atoms. The standard InChI is InChI=1S/4C5H5.2C4H9.CH4.2Fe/c4*1-2-4-5-3-1;2*1-3-4-2;;;/h4*1-3H,4H2;2*1,3-4H2,2H3;1H4;;/q6*-1;;2*+3. The maximum Gasteiger partial charge on any atom is 3.00 e. The summed E-state index contributed by atoms with van der Waals surface area (Å²) in [6, 6.07) is 0. The van der Waals surface area contributed by atoms with E-state index in [4.69, 9.17) is 0 Å². The number of hydrogen-bond donors (Lipinski definition) is 0. The molecule has 31 heavy (non-hydrogen) atoms. The summed E-state index contributed by atoms with van der Waals surface area (Å²) in [5.41, 5.74) is 0. The van der Waals surface area contributed by atoms with E-state index in [-0.39, 0.29) is 41.6 Å². The second-order valence-electron chi connectivity index (χ2n) is 5.72. The van der Waals surface area contributed by atoms with Crippen molar-refractivity contribution in [2.45, 2.75) is 72.6 Å². The number of allylic oxidation sites excluding steroid dienone is 16. The van der Waals surface area contributed by atoms with E-state index in [0.717, 1.165) is 38.5 Å². The Morgan fingerprint density at radius 2 is 0.742 bits per heavy atom. The topological polar surface area (TPSA) is 0 Å². The van der Waals surface area contributed by atoms with Crippen molar-refractivity contribution >= 4 is 0 Å². The van der Waals surface area contributed by atoms with Gasteiger partial charge < -0.3 is 13.8 Å². The molecule has 0 aliphatic heterocycles. The predicted molar refractivity (Wildman–Crippen MR) is 134 cm³/mol. The summed E-state index contributed by atoms with van der Waals surface area (Å²) in [7, 11) is 0. The van der Waals surface area contributed by atoms with Crippen LogP contribution in [-0.2, 0) is 34.1 Å². The number of hydrogen-bond acceptors (Lipinski definition) is 0. The first kappa shape index (κ1) is 40.3. The molecule has 4 aliphatic carbocycles. The second kappa shape index (κ2) is 42.9. The first-order valence-corrected chi connectivity index (χ1v) is 10.3. The fraction of sp³-hybridized carbons (Fsp3) is 0.379. The van der Waals surface area contributed by atoms with Gasteiger partial charge in [0.2, 0.25) is 0 Å². The van der Waals surface area contributed by atoms with E-state index in [1.54, 1.807) is 0 Å². The number of rotatable bonds is 2. The smallest absolute Gasteiger partial charge is 0.343 e. The van der Waals surface area contributed by atoms with Gasteiger partial charge >= 0.3 is 34.1 Å². The fourth-order valence-corrected chi connectivity index (χ4v) is 1.36. The molecule has 0 heterocycles. The summed E-state index contributed by atoms with van der Waals surface area (Å²) in [6.07, 6.45) is 44.6. The second-order valence-corrected chi connectivity index (χ2v) is 5.72. The van der Waals surface area contributed by atoms with Crippen LogP contribution in [0.5, 0.6) is 0 Å². The normalized spacial score (nSPS) is 13.3. The van der Waals surface area contributed by atoms with Crippen molar-refractivity contribution in [1.29, 1.82) is 0 Å². The molecule has 4 rings (SSSR count). The summed E-state index contributed by atoms with van der Waals surface area (Å²) >= 11 is 0. The van der Waals surface area contributed by atoms with Crippen LogP contribution in [0.3, 0.4) is 0 Å². The molecule has 0 atom stereocenters. The Bertz CT molecular complexity index is 379. The van der Waals surface area contributed by atoms with Crippen molar-refractivity contribution in [1.82, 2.24) is 0 Å². The molecule has 0 nitrogen and oxygen atoms in total. The van der Waals surface area contributed by atoms with E-state index in [2.05, 4.69) is 76.3 Å². The van der Waals surface area contributed by atoms with E-state index < -0.39 is 0 Å². The van der Waals surface area contributed by atoms with Gasteiger partial charge in [0, 0.05) is 0 Å². The SMILES string of the molecule is C.[C-]1=CC=CC1.[C-]1=CC=CC1.[C-]1=CC=CC1.[C-]1=CC=CC1.[CH2-]CCC.[CH2-]CCC.[Fe+3].[Fe+3]. The molecule has 0 saturated heterocycles. The van der Waals surface area contributed by atoms with Crippen LogP contribution >= 0.6 is 0 Å². The van der Waals surface area contributed by atoms with Crippen molar-refractivity contribution < 1.29 is 34.1 Å². The van der Waals surface area contributed by atoms with Gasteiger partial charge in [0.1, 0.15) is 0 Å². The van der Waals surface area contributed by atoms with Crippen LogP contribution in [0, 0.1) is 38.2 Å². The van der Waals surface area contributed by atoms with Crippen molar-refractivity contribution in [2.24, 2.45) is 0 Å². The van der Waals surface area contributed by atoms with Gasteiger partial charge in [-0.25, -0.2) is 48.6 Å². The zero-order valence-electron chi connectivity index (χ0n) is 18.7. The summed E-state index contributed by atoms with van der Waals surface area (Å²) in [4.78, 5) is 0. The fourth-order valence-electron chi connectivity index (χ4n) is 1.36. The third-order valence-corrected chi connectivity index (χ3v) is 3.05. The van der Waals surface area contributed by atoms with E-state index >= 15 is 0 Å². The Balaban J connectivity index is -0.0000000859. The van der Waals surface area contributed by atoms with Crippen LogP contribution in [0.1, 0.15) is 72.6 Å². The largest absolute Gasteiger partial charge is 3.00 e. The maximum absolute atomic E-state index is 3.60. The molecule has 0 unspecified atom stereocenters. The van der Waals surface area contributed by atoms with Crippen molar-refractivity contribution in [3.05, 3.63) is 111 Å². The van der Waals surface area contributed by atoms with E-state index in [0.29, 0.717) is 0 Å². The van der Waals surface area contributed by atoms with Gasteiger partial charge in [-0.1, -0.05) is 34.1 Å². The van der Waals surface area contributed by atoms with Gasteiger partial charge in [-0.05, 0) is 0 Å². The van der Waals surface area contributed by atoms with Gasteiger partial charge in [0.05, 0.1) is 0 Å². The van der Waals surface area contributed by atoms with Crippen molar-refractivity contribution in [3.8, 4) is 0 Å². The van der Waals surface area contributed by atoms with E-state index in [1.165, 1.54) is 12.8 Å². The average Bonchev–Trinajstić information content (AvgIpc) is 3.58. The van der Waals surface area contributed by atoms with Gasteiger partial charge in [-0.15, -0.1) is 25.7 Å². The minimum absolute atomic E-state index is 0. The van der Waals surface area contributed by atoms with Crippen molar-refractivity contribution in [2.75, 3.05) is 0 Å². The third kappa shape index (κ3) is 47.9. The first-order chi connectivity index (χ1) is 13.8. The van der Waals surface area contributed by atoms with Gasteiger partial charge in [0.15, 0.2) is 0 Å². The minimum atomic E-state index is 0. The average molecular weight is 502 g/mol. The van der Waals surface area contributed by atoms with Gasteiger partial charge in [-0.2, -0.15) is 37.1 Å². The Morgan fingerprint density at radius 1 is 0.548 bits per heavy atom. The maximum atomic E-state index is 3.60. The molecule has 4 aliphatic rings. The van der Waals surface area contributed by atoms with Gasteiger partial charge in [-0.3, -0.25) is 24.3 Å². The Kier molecular flexibility index (Phi) is 55.9. The van der Waals surface area contributed by atoms with E-state index in [9.17, 15) is 0 Å². The molecule has 0 aromatic carbocycles. The van der Waals surface area contributed by atoms with Crippen LogP contribution in [0.15, 0.2) is 72.9 Å². The van der Waals surface area contributed by atoms with Crippen LogP contribution < -0.4 is 0 Å². The minimum Gasteiger partial charge on any atom is -0.343 e. The predicted octanol–water partition coefficient (Wildman–Crippen LogP) is 9.10. The molecule has 0 aromatic rings. The van der Waals surface area contributed by atoms with Crippen LogP contribution in [0.2, 0.25) is 0 Å². The Hall–Kier alpha value is -1.04. The Morgan fingerprint density at radius 3 is 0.774 bits per heavy atom. The Labute approximate surface area is 217 Å². The molecule has 0 fully saturated rings. The summed E-state index contributed by atoms with van der Waals surface area (Å²) in [5, 5.41) is 0. The van der Waals surface area contributed by atoms with Crippen LogP contribution in [-0.4, -0.2) is 0 Å². The molecular formula is C29H42Fe2. The van der Waals surface area contributed by atoms with Crippen LogP contribution in [0.4, 0.5) is 0 Å². The quantitative estimate of drug-likeness (QED) is 0.261. The zero-order chi connectivity index (χ0) is 21.0.